The first-order valence-corrected chi connectivity index (χ1v) is 9.31. The molecular formula is C21H25N5O. The molecule has 27 heavy (non-hydrogen) atoms. The lowest BCUT2D eigenvalue weighted by Crippen LogP contribution is -2.34. The highest BCUT2D eigenvalue weighted by Gasteiger charge is 2.25. The molecule has 6 heteroatoms. The highest BCUT2D eigenvalue weighted by atomic mass is 16.2. The van der Waals surface area contributed by atoms with Gasteiger partial charge in [0.25, 0.3) is 0 Å². The van der Waals surface area contributed by atoms with Crippen LogP contribution in [0.2, 0.25) is 0 Å². The lowest BCUT2D eigenvalue weighted by Gasteiger charge is -2.26. The molecule has 0 spiro atoms. The Balaban J connectivity index is 1.60. The van der Waals surface area contributed by atoms with Crippen LogP contribution in [0.5, 0.6) is 0 Å². The summed E-state index contributed by atoms with van der Waals surface area (Å²) in [5.74, 6) is 0.131. The number of carbonyl (C=O) groups excluding carboxylic acids is 1. The minimum Gasteiger partial charge on any atom is -0.338 e. The number of nitrogens with zero attached hydrogens (tertiary/aromatic N) is 5. The van der Waals surface area contributed by atoms with Crippen LogP contribution in [0.25, 0.3) is 11.3 Å². The first kappa shape index (κ1) is 17.5. The summed E-state index contributed by atoms with van der Waals surface area (Å²) in [5.41, 5.74) is 8.25. The zero-order chi connectivity index (χ0) is 19.1. The van der Waals surface area contributed by atoms with Crippen molar-refractivity contribution in [1.29, 1.82) is 0 Å². The van der Waals surface area contributed by atoms with Gasteiger partial charge in [0, 0.05) is 63.8 Å². The molecule has 0 N–H and O–H groups in total. The Morgan fingerprint density at radius 1 is 1.15 bits per heavy atom. The van der Waals surface area contributed by atoms with Crippen LogP contribution >= 0.6 is 0 Å². The SMILES string of the molecule is CC(=O)N1CCc2c(c(Cc3ccc(-c4c(C)cnn4C)cc3)nn2C)C1. The van der Waals surface area contributed by atoms with E-state index in [1.165, 1.54) is 27.9 Å². The molecular weight excluding hydrogens is 338 g/mol. The number of hydrogen-bond donors (Lipinski definition) is 0. The third kappa shape index (κ3) is 3.16. The van der Waals surface area contributed by atoms with Gasteiger partial charge in [0.05, 0.1) is 17.6 Å². The fraction of sp³-hybridized carbons (Fsp3) is 0.381. The van der Waals surface area contributed by atoms with Gasteiger partial charge < -0.3 is 4.90 Å². The van der Waals surface area contributed by atoms with Gasteiger partial charge in [-0.2, -0.15) is 10.2 Å². The molecule has 3 aromatic rings. The van der Waals surface area contributed by atoms with E-state index in [-0.39, 0.29) is 5.91 Å². The monoisotopic (exact) mass is 363 g/mol. The number of hydrogen-bond acceptors (Lipinski definition) is 3. The maximum Gasteiger partial charge on any atom is 0.219 e. The Morgan fingerprint density at radius 3 is 2.52 bits per heavy atom. The van der Waals surface area contributed by atoms with Gasteiger partial charge in [0.15, 0.2) is 0 Å². The maximum absolute atomic E-state index is 11.8. The number of fused-ring (bicyclic) bond motifs is 1. The molecule has 1 amide bonds. The van der Waals surface area contributed by atoms with Crippen LogP contribution in [0.4, 0.5) is 0 Å². The first-order valence-electron chi connectivity index (χ1n) is 9.31. The van der Waals surface area contributed by atoms with E-state index in [1.54, 1.807) is 6.92 Å². The molecule has 6 nitrogen and oxygen atoms in total. The van der Waals surface area contributed by atoms with Crippen molar-refractivity contribution < 1.29 is 4.79 Å². The molecule has 0 fully saturated rings. The van der Waals surface area contributed by atoms with E-state index >= 15 is 0 Å². The van der Waals surface area contributed by atoms with Gasteiger partial charge in [-0.1, -0.05) is 24.3 Å². The van der Waals surface area contributed by atoms with Crippen LogP contribution in [-0.2, 0) is 38.3 Å². The Kier molecular flexibility index (Phi) is 4.34. The summed E-state index contributed by atoms with van der Waals surface area (Å²) in [5, 5.41) is 9.07. The van der Waals surface area contributed by atoms with Crippen molar-refractivity contribution in [2.24, 2.45) is 14.1 Å². The lowest BCUT2D eigenvalue weighted by molar-refractivity contribution is -0.129. The van der Waals surface area contributed by atoms with Gasteiger partial charge >= 0.3 is 0 Å². The van der Waals surface area contributed by atoms with E-state index in [4.69, 9.17) is 5.10 Å². The maximum atomic E-state index is 11.8. The molecule has 2 aromatic heterocycles. The molecule has 0 saturated heterocycles. The second kappa shape index (κ2) is 6.68. The summed E-state index contributed by atoms with van der Waals surface area (Å²) >= 11 is 0. The molecule has 0 bridgehead atoms. The predicted octanol–water partition coefficient (Wildman–Crippen LogP) is 2.62. The largest absolute Gasteiger partial charge is 0.338 e. The highest BCUT2D eigenvalue weighted by molar-refractivity contribution is 5.73. The summed E-state index contributed by atoms with van der Waals surface area (Å²) in [6.07, 6.45) is 3.54. The molecule has 4 rings (SSSR count). The second-order valence-corrected chi connectivity index (χ2v) is 7.36. The molecule has 3 heterocycles. The van der Waals surface area contributed by atoms with Crippen LogP contribution < -0.4 is 0 Å². The number of aromatic nitrogens is 4. The van der Waals surface area contributed by atoms with Crippen molar-refractivity contribution in [1.82, 2.24) is 24.5 Å². The lowest BCUT2D eigenvalue weighted by atomic mass is 9.99. The molecule has 140 valence electrons. The fourth-order valence-corrected chi connectivity index (χ4v) is 4.02. The van der Waals surface area contributed by atoms with Crippen LogP contribution in [0.15, 0.2) is 30.5 Å². The molecule has 0 saturated carbocycles. The van der Waals surface area contributed by atoms with Crippen LogP contribution in [0.1, 0.15) is 35.0 Å². The summed E-state index contributed by atoms with van der Waals surface area (Å²) in [6, 6.07) is 8.62. The van der Waals surface area contributed by atoms with E-state index in [0.29, 0.717) is 6.54 Å². The van der Waals surface area contributed by atoms with Crippen LogP contribution in [0.3, 0.4) is 0 Å². The first-order chi connectivity index (χ1) is 12.9. The van der Waals surface area contributed by atoms with E-state index in [1.807, 2.05) is 34.6 Å². The third-order valence-electron chi connectivity index (χ3n) is 5.49. The second-order valence-electron chi connectivity index (χ2n) is 7.36. The number of rotatable bonds is 3. The number of carbonyl (C=O) groups is 1. The highest BCUT2D eigenvalue weighted by Crippen LogP contribution is 2.26. The Hall–Kier alpha value is -2.89. The van der Waals surface area contributed by atoms with Gasteiger partial charge in [0.1, 0.15) is 0 Å². The smallest absolute Gasteiger partial charge is 0.219 e. The Bertz CT molecular complexity index is 977. The van der Waals surface area contributed by atoms with Crippen molar-refractivity contribution in [3.63, 3.8) is 0 Å². The van der Waals surface area contributed by atoms with E-state index < -0.39 is 0 Å². The molecule has 0 unspecified atom stereocenters. The molecule has 1 aromatic carbocycles. The third-order valence-corrected chi connectivity index (χ3v) is 5.49. The average molecular weight is 363 g/mol. The van der Waals surface area contributed by atoms with Crippen molar-refractivity contribution in [2.75, 3.05) is 6.54 Å². The van der Waals surface area contributed by atoms with Crippen LogP contribution in [-0.4, -0.2) is 36.9 Å². The number of amides is 1. The Labute approximate surface area is 159 Å². The molecule has 0 aliphatic carbocycles. The van der Waals surface area contributed by atoms with Crippen LogP contribution in [0, 0.1) is 6.92 Å². The van der Waals surface area contributed by atoms with Gasteiger partial charge in [-0.05, 0) is 18.1 Å². The summed E-state index contributed by atoms with van der Waals surface area (Å²) in [4.78, 5) is 13.7. The summed E-state index contributed by atoms with van der Waals surface area (Å²) < 4.78 is 3.89. The van der Waals surface area contributed by atoms with Crippen molar-refractivity contribution >= 4 is 5.91 Å². The van der Waals surface area contributed by atoms with Crippen molar-refractivity contribution in [3.8, 4) is 11.3 Å². The summed E-state index contributed by atoms with van der Waals surface area (Å²) in [6.45, 7) is 5.16. The summed E-state index contributed by atoms with van der Waals surface area (Å²) in [7, 11) is 3.97. The van der Waals surface area contributed by atoms with E-state index in [9.17, 15) is 4.79 Å². The molecule has 1 aliphatic rings. The topological polar surface area (TPSA) is 56.0 Å². The van der Waals surface area contributed by atoms with Crippen molar-refractivity contribution in [2.45, 2.75) is 33.2 Å². The fourth-order valence-electron chi connectivity index (χ4n) is 4.02. The van der Waals surface area contributed by atoms with E-state index in [2.05, 4.69) is 36.3 Å². The van der Waals surface area contributed by atoms with Gasteiger partial charge in [-0.3, -0.25) is 14.2 Å². The minimum atomic E-state index is 0.131. The van der Waals surface area contributed by atoms with Crippen molar-refractivity contribution in [3.05, 3.63) is 58.5 Å². The average Bonchev–Trinajstić information content (AvgIpc) is 3.15. The number of aryl methyl sites for hydroxylation is 3. The minimum absolute atomic E-state index is 0.131. The van der Waals surface area contributed by atoms with E-state index in [0.717, 1.165) is 30.8 Å². The molecule has 0 atom stereocenters. The standard InChI is InChI=1S/C21H25N5O/c1-14-12-22-25(4)21(14)17-7-5-16(6-8-17)11-19-18-13-26(15(2)27)10-9-20(18)24(3)23-19/h5-8,12H,9-11,13H2,1-4H3. The predicted molar refractivity (Wildman–Crippen MR) is 104 cm³/mol. The zero-order valence-corrected chi connectivity index (χ0v) is 16.4. The van der Waals surface area contributed by atoms with Gasteiger partial charge in [0.2, 0.25) is 5.91 Å². The zero-order valence-electron chi connectivity index (χ0n) is 16.4. The van der Waals surface area contributed by atoms with Gasteiger partial charge in [-0.25, -0.2) is 0 Å². The molecule has 1 aliphatic heterocycles. The van der Waals surface area contributed by atoms with Gasteiger partial charge in [-0.15, -0.1) is 0 Å². The Morgan fingerprint density at radius 2 is 1.89 bits per heavy atom. The normalized spacial score (nSPS) is 13.7. The number of benzene rings is 1. The molecule has 0 radical (unpaired) electrons. The quantitative estimate of drug-likeness (QED) is 0.719.